The zero-order valence-corrected chi connectivity index (χ0v) is 10.3. The van der Waals surface area contributed by atoms with E-state index < -0.39 is 13.0 Å². The largest absolute Gasteiger partial charge is 0.522 e. The van der Waals surface area contributed by atoms with Crippen molar-refractivity contribution in [1.29, 1.82) is 0 Å². The molecule has 0 aromatic carbocycles. The van der Waals surface area contributed by atoms with E-state index in [2.05, 4.69) is 14.9 Å². The Bertz CT molecular complexity index is 389. The summed E-state index contributed by atoms with van der Waals surface area (Å²) in [6.07, 6.45) is -1.44. The Morgan fingerprint density at radius 1 is 1.26 bits per heavy atom. The number of rotatable bonds is 5. The monoisotopic (exact) mass is 280 g/mol. The first kappa shape index (κ1) is 14.3. The molecule has 0 spiro atoms. The van der Waals surface area contributed by atoms with Crippen molar-refractivity contribution in [2.45, 2.75) is 44.6 Å². The molecule has 1 aliphatic heterocycles. The number of aromatic nitrogens is 2. The van der Waals surface area contributed by atoms with E-state index >= 15 is 0 Å². The molecule has 1 atom stereocenters. The molecule has 1 saturated heterocycles. The Morgan fingerprint density at radius 3 is 2.79 bits per heavy atom. The van der Waals surface area contributed by atoms with Crippen LogP contribution < -0.4 is 0 Å². The van der Waals surface area contributed by atoms with Crippen molar-refractivity contribution >= 4 is 0 Å². The van der Waals surface area contributed by atoms with Crippen molar-refractivity contribution in [1.82, 2.24) is 10.2 Å². The van der Waals surface area contributed by atoms with E-state index in [9.17, 15) is 13.2 Å². The average molecular weight is 280 g/mol. The van der Waals surface area contributed by atoms with Crippen molar-refractivity contribution in [2.75, 3.05) is 13.2 Å². The molecule has 0 saturated carbocycles. The van der Waals surface area contributed by atoms with Crippen LogP contribution in [0.1, 0.15) is 43.6 Å². The molecule has 108 valence electrons. The Morgan fingerprint density at radius 2 is 2.11 bits per heavy atom. The second-order valence-electron chi connectivity index (χ2n) is 4.29. The number of hydrogen-bond donors (Lipinski definition) is 0. The lowest BCUT2D eigenvalue weighted by atomic mass is 10.1. The van der Waals surface area contributed by atoms with Gasteiger partial charge in [-0.1, -0.05) is 0 Å². The van der Waals surface area contributed by atoms with Gasteiger partial charge in [-0.2, -0.15) is 0 Å². The molecule has 1 fully saturated rings. The van der Waals surface area contributed by atoms with Crippen LogP contribution in [-0.2, 0) is 15.9 Å². The predicted octanol–water partition coefficient (Wildman–Crippen LogP) is 2.78. The number of nitrogens with zero attached hydrogens (tertiary/aromatic N) is 2. The topological polar surface area (TPSA) is 57.4 Å². The summed E-state index contributed by atoms with van der Waals surface area (Å²) >= 11 is 0. The highest BCUT2D eigenvalue weighted by Gasteiger charge is 2.28. The second-order valence-corrected chi connectivity index (χ2v) is 4.29. The highest BCUT2D eigenvalue weighted by atomic mass is 19.4. The van der Waals surface area contributed by atoms with Gasteiger partial charge in [0.05, 0.1) is 6.61 Å². The quantitative estimate of drug-likeness (QED) is 0.776. The summed E-state index contributed by atoms with van der Waals surface area (Å²) in [5.41, 5.74) is 0. The maximum atomic E-state index is 11.7. The summed E-state index contributed by atoms with van der Waals surface area (Å²) in [6.45, 7) is 0.253. The van der Waals surface area contributed by atoms with Gasteiger partial charge in [0.25, 0.3) is 0 Å². The second kappa shape index (κ2) is 6.33. The van der Waals surface area contributed by atoms with Crippen LogP contribution in [0.25, 0.3) is 0 Å². The van der Waals surface area contributed by atoms with Crippen LogP contribution >= 0.6 is 0 Å². The molecule has 1 aromatic heterocycles. The third-order valence-corrected chi connectivity index (χ3v) is 2.74. The number of ether oxygens (including phenoxy) is 2. The molecular formula is C11H15F3N2O3. The van der Waals surface area contributed by atoms with Crippen molar-refractivity contribution < 1.29 is 27.1 Å². The first-order valence-electron chi connectivity index (χ1n) is 6.19. The van der Waals surface area contributed by atoms with Gasteiger partial charge in [0.2, 0.25) is 11.8 Å². The van der Waals surface area contributed by atoms with E-state index in [4.69, 9.17) is 9.15 Å². The minimum absolute atomic E-state index is 0.173. The summed E-state index contributed by atoms with van der Waals surface area (Å²) < 4.78 is 49.7. The van der Waals surface area contributed by atoms with E-state index in [-0.39, 0.29) is 18.9 Å². The molecule has 0 radical (unpaired) electrons. The fraction of sp³-hybridized carbons (Fsp3) is 0.818. The van der Waals surface area contributed by atoms with Crippen LogP contribution in [0.5, 0.6) is 0 Å². The van der Waals surface area contributed by atoms with E-state index in [0.29, 0.717) is 18.4 Å². The van der Waals surface area contributed by atoms with Crippen molar-refractivity contribution in [2.24, 2.45) is 0 Å². The lowest BCUT2D eigenvalue weighted by Gasteiger charge is -2.18. The van der Waals surface area contributed by atoms with E-state index in [1.54, 1.807) is 0 Å². The smallest absolute Gasteiger partial charge is 0.422 e. The van der Waals surface area contributed by atoms with Crippen LogP contribution in [0.3, 0.4) is 0 Å². The molecule has 2 rings (SSSR count). The highest BCUT2D eigenvalue weighted by molar-refractivity contribution is 4.88. The number of alkyl halides is 3. The molecule has 2 heterocycles. The Labute approximate surface area is 108 Å². The molecule has 0 unspecified atom stereocenters. The maximum absolute atomic E-state index is 11.7. The van der Waals surface area contributed by atoms with Gasteiger partial charge in [-0.15, -0.1) is 23.4 Å². The third kappa shape index (κ3) is 4.79. The molecule has 19 heavy (non-hydrogen) atoms. The van der Waals surface area contributed by atoms with Crippen LogP contribution in [-0.4, -0.2) is 29.8 Å². The first-order valence-corrected chi connectivity index (χ1v) is 6.19. The predicted molar refractivity (Wildman–Crippen MR) is 57.2 cm³/mol. The molecule has 0 aliphatic carbocycles. The zero-order valence-electron chi connectivity index (χ0n) is 10.3. The molecule has 1 aromatic rings. The summed E-state index contributed by atoms with van der Waals surface area (Å²) in [4.78, 5) is 0. The van der Waals surface area contributed by atoms with Crippen LogP contribution in [0, 0.1) is 0 Å². The Kier molecular flexibility index (Phi) is 4.76. The van der Waals surface area contributed by atoms with Crippen LogP contribution in [0.2, 0.25) is 0 Å². The van der Waals surface area contributed by atoms with E-state index in [0.717, 1.165) is 19.3 Å². The Hall–Kier alpha value is -1.15. The standard InChI is InChI=1S/C11H15F3N2O3/c12-11(13,14)18-7-3-5-9-15-16-10(19-9)8-4-1-2-6-17-8/h8H,1-7H2/t8-/m1/s1. The molecule has 0 N–H and O–H groups in total. The van der Waals surface area contributed by atoms with Crippen LogP contribution in [0.4, 0.5) is 13.2 Å². The summed E-state index contributed by atoms with van der Waals surface area (Å²) in [5, 5.41) is 7.65. The summed E-state index contributed by atoms with van der Waals surface area (Å²) in [5.74, 6) is 0.724. The first-order chi connectivity index (χ1) is 9.04. The molecular weight excluding hydrogens is 265 g/mol. The van der Waals surface area contributed by atoms with Crippen LogP contribution in [0.15, 0.2) is 4.42 Å². The van der Waals surface area contributed by atoms with Gasteiger partial charge in [0, 0.05) is 13.0 Å². The molecule has 1 aliphatic rings. The van der Waals surface area contributed by atoms with Gasteiger partial charge >= 0.3 is 6.36 Å². The molecule has 8 heteroatoms. The van der Waals surface area contributed by atoms with E-state index in [1.165, 1.54) is 0 Å². The lowest BCUT2D eigenvalue weighted by Crippen LogP contribution is -2.14. The van der Waals surface area contributed by atoms with Crippen molar-refractivity contribution in [3.05, 3.63) is 11.8 Å². The fourth-order valence-corrected chi connectivity index (χ4v) is 1.84. The molecule has 0 bridgehead atoms. The molecule has 0 amide bonds. The average Bonchev–Trinajstić information content (AvgIpc) is 2.83. The maximum Gasteiger partial charge on any atom is 0.522 e. The number of halogens is 3. The third-order valence-electron chi connectivity index (χ3n) is 2.74. The summed E-state index contributed by atoms with van der Waals surface area (Å²) in [6, 6.07) is 0. The van der Waals surface area contributed by atoms with Gasteiger partial charge in [0.1, 0.15) is 6.10 Å². The van der Waals surface area contributed by atoms with Crippen molar-refractivity contribution in [3.8, 4) is 0 Å². The minimum atomic E-state index is -4.59. The SMILES string of the molecule is FC(F)(F)OCCCc1nnc([C@H]2CCCCO2)o1. The molecule has 5 nitrogen and oxygen atoms in total. The zero-order chi connectivity index (χ0) is 13.7. The number of aryl methyl sites for hydroxylation is 1. The van der Waals surface area contributed by atoms with Gasteiger partial charge < -0.3 is 9.15 Å². The van der Waals surface area contributed by atoms with Gasteiger partial charge in [0.15, 0.2) is 0 Å². The Balaban J connectivity index is 1.74. The van der Waals surface area contributed by atoms with Gasteiger partial charge in [-0.05, 0) is 25.7 Å². The van der Waals surface area contributed by atoms with Gasteiger partial charge in [-0.3, -0.25) is 4.74 Å². The normalized spacial score (nSPS) is 20.7. The van der Waals surface area contributed by atoms with E-state index in [1.807, 2.05) is 0 Å². The fourth-order valence-electron chi connectivity index (χ4n) is 1.84. The number of hydrogen-bond acceptors (Lipinski definition) is 5. The van der Waals surface area contributed by atoms with Gasteiger partial charge in [-0.25, -0.2) is 0 Å². The minimum Gasteiger partial charge on any atom is -0.422 e. The highest BCUT2D eigenvalue weighted by Crippen LogP contribution is 2.26. The summed E-state index contributed by atoms with van der Waals surface area (Å²) in [7, 11) is 0. The van der Waals surface area contributed by atoms with Crippen molar-refractivity contribution in [3.63, 3.8) is 0 Å². The lowest BCUT2D eigenvalue weighted by molar-refractivity contribution is -0.324.